The molecule has 0 radical (unpaired) electrons. The average molecular weight is 431 g/mol. The third kappa shape index (κ3) is 5.15. The number of amides is 1. The Morgan fingerprint density at radius 2 is 2.00 bits per heavy atom. The lowest BCUT2D eigenvalue weighted by Crippen LogP contribution is -2.32. The van der Waals surface area contributed by atoms with E-state index in [0.717, 1.165) is 12.1 Å². The predicted octanol–water partition coefficient (Wildman–Crippen LogP) is 1.62. The zero-order valence-electron chi connectivity index (χ0n) is 16.6. The molecule has 8 nitrogen and oxygen atoms in total. The molecule has 3 rings (SSSR count). The van der Waals surface area contributed by atoms with Crippen LogP contribution in [0.1, 0.15) is 35.3 Å². The number of aromatic nitrogens is 2. The molecule has 1 heterocycles. The summed E-state index contributed by atoms with van der Waals surface area (Å²) in [5.41, 5.74) is 12.7. The van der Waals surface area contributed by atoms with Crippen LogP contribution >= 0.6 is 0 Å². The second-order valence-electron chi connectivity index (χ2n) is 6.87. The van der Waals surface area contributed by atoms with Gasteiger partial charge in [0.05, 0.1) is 17.9 Å². The van der Waals surface area contributed by atoms with Gasteiger partial charge in [-0.05, 0) is 43.0 Å². The van der Waals surface area contributed by atoms with Gasteiger partial charge in [-0.3, -0.25) is 4.79 Å². The van der Waals surface area contributed by atoms with Gasteiger partial charge in [0.1, 0.15) is 17.7 Å². The first-order chi connectivity index (χ1) is 14.9. The van der Waals surface area contributed by atoms with Crippen LogP contribution in [0.3, 0.4) is 0 Å². The number of nitrogens with zero attached hydrogens (tertiary/aromatic N) is 2. The van der Waals surface area contributed by atoms with E-state index in [1.54, 1.807) is 0 Å². The maximum atomic E-state index is 14.0. The van der Waals surface area contributed by atoms with Crippen molar-refractivity contribution in [1.29, 1.82) is 0 Å². The van der Waals surface area contributed by atoms with E-state index >= 15 is 0 Å². The number of hydrogen-bond donors (Lipinski definition) is 4. The third-order valence-corrected chi connectivity index (χ3v) is 4.74. The molecular formula is C21H23F2N5O3. The van der Waals surface area contributed by atoms with Crippen LogP contribution in [-0.4, -0.2) is 40.2 Å². The van der Waals surface area contributed by atoms with E-state index in [-0.39, 0.29) is 36.0 Å². The normalized spacial score (nSPS) is 16.9. The van der Waals surface area contributed by atoms with Crippen molar-refractivity contribution >= 4 is 11.6 Å². The fourth-order valence-electron chi connectivity index (χ4n) is 3.25. The molecule has 2 aromatic rings. The Bertz CT molecular complexity index is 1010. The summed E-state index contributed by atoms with van der Waals surface area (Å²) in [6, 6.07) is 3.51. The highest BCUT2D eigenvalue weighted by Crippen LogP contribution is 2.29. The van der Waals surface area contributed by atoms with Crippen LogP contribution < -0.4 is 21.5 Å². The third-order valence-electron chi connectivity index (χ3n) is 4.74. The van der Waals surface area contributed by atoms with Crippen LogP contribution in [0.4, 0.5) is 8.78 Å². The summed E-state index contributed by atoms with van der Waals surface area (Å²) < 4.78 is 33.9. The summed E-state index contributed by atoms with van der Waals surface area (Å²) in [4.78, 5) is 20.3. The molecule has 0 spiro atoms. The lowest BCUT2D eigenvalue weighted by molar-refractivity contribution is 0.0930. The van der Waals surface area contributed by atoms with Crippen molar-refractivity contribution in [2.75, 3.05) is 13.2 Å². The molecule has 164 valence electrons. The zero-order valence-corrected chi connectivity index (χ0v) is 16.6. The number of aliphatic hydroxyl groups excluding tert-OH is 1. The maximum Gasteiger partial charge on any atom is 0.275 e. The minimum absolute atomic E-state index is 0.00996. The first kappa shape index (κ1) is 22.2. The Labute approximate surface area is 177 Å². The van der Waals surface area contributed by atoms with Gasteiger partial charge in [0.25, 0.3) is 5.91 Å². The lowest BCUT2D eigenvalue weighted by Gasteiger charge is -2.26. The number of halogens is 2. The Balaban J connectivity index is 1.87. The highest BCUT2D eigenvalue weighted by molar-refractivity contribution is 5.94. The number of hydrogen-bond acceptors (Lipinski definition) is 7. The van der Waals surface area contributed by atoms with Gasteiger partial charge in [-0.1, -0.05) is 6.07 Å². The Morgan fingerprint density at radius 1 is 1.29 bits per heavy atom. The van der Waals surface area contributed by atoms with Gasteiger partial charge in [0.15, 0.2) is 5.69 Å². The molecule has 1 aliphatic rings. The number of rotatable bonds is 7. The number of nitrogens with two attached hydrogens (primary N) is 2. The summed E-state index contributed by atoms with van der Waals surface area (Å²) in [6.07, 6.45) is 5.31. The van der Waals surface area contributed by atoms with Crippen molar-refractivity contribution in [1.82, 2.24) is 15.3 Å². The SMILES string of the molecule is NC1=C(/C=C(\N)c2c(F)cccc2F)CCCC1Oc1nccnc1C(=O)NCCO. The van der Waals surface area contributed by atoms with Gasteiger partial charge in [0, 0.05) is 24.6 Å². The molecule has 0 bridgehead atoms. The molecule has 0 saturated heterocycles. The van der Waals surface area contributed by atoms with Gasteiger partial charge in [-0.15, -0.1) is 0 Å². The van der Waals surface area contributed by atoms with Crippen molar-refractivity contribution in [2.45, 2.75) is 25.4 Å². The monoisotopic (exact) mass is 431 g/mol. The summed E-state index contributed by atoms with van der Waals surface area (Å²) in [5.74, 6) is -2.09. The van der Waals surface area contributed by atoms with Gasteiger partial charge in [0.2, 0.25) is 5.88 Å². The van der Waals surface area contributed by atoms with E-state index in [4.69, 9.17) is 21.3 Å². The summed E-state index contributed by atoms with van der Waals surface area (Å²) in [7, 11) is 0. The van der Waals surface area contributed by atoms with Crippen molar-refractivity contribution in [3.8, 4) is 5.88 Å². The van der Waals surface area contributed by atoms with E-state index in [2.05, 4.69) is 15.3 Å². The number of benzene rings is 1. The molecule has 6 N–H and O–H groups in total. The Kier molecular flexibility index (Phi) is 7.14. The number of carbonyl (C=O) groups is 1. The summed E-state index contributed by atoms with van der Waals surface area (Å²) in [6.45, 7) is -0.165. The zero-order chi connectivity index (χ0) is 22.4. The van der Waals surface area contributed by atoms with E-state index in [1.165, 1.54) is 24.5 Å². The first-order valence-electron chi connectivity index (χ1n) is 9.69. The number of aliphatic hydroxyl groups is 1. The second kappa shape index (κ2) is 9.98. The number of carbonyl (C=O) groups excluding carboxylic acids is 1. The van der Waals surface area contributed by atoms with Gasteiger partial charge in [-0.25, -0.2) is 18.7 Å². The van der Waals surface area contributed by atoms with E-state index in [1.807, 2.05) is 0 Å². The van der Waals surface area contributed by atoms with Crippen LogP contribution in [0.2, 0.25) is 0 Å². The second-order valence-corrected chi connectivity index (χ2v) is 6.87. The van der Waals surface area contributed by atoms with Crippen LogP contribution in [0.15, 0.2) is 47.9 Å². The fourth-order valence-corrected chi connectivity index (χ4v) is 3.25. The van der Waals surface area contributed by atoms with Gasteiger partial charge < -0.3 is 26.6 Å². The molecule has 1 unspecified atom stereocenters. The molecule has 31 heavy (non-hydrogen) atoms. The molecule has 1 aliphatic carbocycles. The summed E-state index contributed by atoms with van der Waals surface area (Å²) >= 11 is 0. The lowest BCUT2D eigenvalue weighted by atomic mass is 9.92. The molecule has 1 aromatic carbocycles. The topological polar surface area (TPSA) is 136 Å². The highest BCUT2D eigenvalue weighted by Gasteiger charge is 2.25. The molecule has 0 fully saturated rings. The molecule has 10 heteroatoms. The highest BCUT2D eigenvalue weighted by atomic mass is 19.1. The molecular weight excluding hydrogens is 408 g/mol. The first-order valence-corrected chi connectivity index (χ1v) is 9.69. The summed E-state index contributed by atoms with van der Waals surface area (Å²) in [5, 5.41) is 11.4. The van der Waals surface area contributed by atoms with E-state index < -0.39 is 23.6 Å². The van der Waals surface area contributed by atoms with Crippen LogP contribution in [-0.2, 0) is 0 Å². The minimum Gasteiger partial charge on any atom is -0.466 e. The number of nitrogens with one attached hydrogen (secondary N) is 1. The molecule has 1 amide bonds. The molecule has 1 atom stereocenters. The van der Waals surface area contributed by atoms with Gasteiger partial charge >= 0.3 is 0 Å². The van der Waals surface area contributed by atoms with Crippen molar-refractivity contribution < 1.29 is 23.4 Å². The standard InChI is InChI=1S/C21H23F2N5O3/c22-13-4-2-5-14(23)17(13)15(24)11-12-3-1-6-16(18(12)25)31-21-19(26-7-8-28-21)20(30)27-9-10-29/h2,4-5,7-8,11,16,29H,1,3,6,9-10,24-25H2,(H,27,30)/b15-11-. The average Bonchev–Trinajstić information content (AvgIpc) is 2.75. The molecule has 0 aliphatic heterocycles. The van der Waals surface area contributed by atoms with Crippen LogP contribution in [0.25, 0.3) is 5.70 Å². The molecule has 0 saturated carbocycles. The van der Waals surface area contributed by atoms with E-state index in [0.29, 0.717) is 30.5 Å². The minimum atomic E-state index is -0.769. The Morgan fingerprint density at radius 3 is 2.71 bits per heavy atom. The van der Waals surface area contributed by atoms with Crippen molar-refractivity contribution in [2.24, 2.45) is 11.5 Å². The van der Waals surface area contributed by atoms with Crippen LogP contribution in [0, 0.1) is 11.6 Å². The number of ether oxygens (including phenoxy) is 1. The van der Waals surface area contributed by atoms with E-state index in [9.17, 15) is 13.6 Å². The number of allylic oxidation sites excluding steroid dienone is 2. The Hall–Kier alpha value is -3.53. The van der Waals surface area contributed by atoms with Crippen LogP contribution in [0.5, 0.6) is 5.88 Å². The quantitative estimate of drug-likeness (QED) is 0.523. The van der Waals surface area contributed by atoms with Crippen molar-refractivity contribution in [3.05, 3.63) is 70.8 Å². The maximum absolute atomic E-state index is 14.0. The smallest absolute Gasteiger partial charge is 0.275 e. The van der Waals surface area contributed by atoms with Crippen molar-refractivity contribution in [3.63, 3.8) is 0 Å². The predicted molar refractivity (Wildman–Crippen MR) is 109 cm³/mol. The fraction of sp³-hybridized carbons (Fsp3) is 0.286. The molecule has 1 aromatic heterocycles. The van der Waals surface area contributed by atoms with Gasteiger partial charge in [-0.2, -0.15) is 0 Å². The largest absolute Gasteiger partial charge is 0.466 e.